The number of ether oxygens (including phenoxy) is 1. The van der Waals surface area contributed by atoms with E-state index in [-0.39, 0.29) is 17.6 Å². The van der Waals surface area contributed by atoms with Gasteiger partial charge in [0.15, 0.2) is 0 Å². The summed E-state index contributed by atoms with van der Waals surface area (Å²) < 4.78 is 34.6. The van der Waals surface area contributed by atoms with Crippen LogP contribution < -0.4 is 0 Å². The molecule has 0 saturated heterocycles. The van der Waals surface area contributed by atoms with Crippen molar-refractivity contribution in [3.05, 3.63) is 29.8 Å². The minimum Gasteiger partial charge on any atom is -0.376 e. The molecule has 0 radical (unpaired) electrons. The first-order valence-electron chi connectivity index (χ1n) is 7.53. The second kappa shape index (κ2) is 9.18. The van der Waals surface area contributed by atoms with E-state index in [9.17, 15) is 8.42 Å². The third-order valence-electron chi connectivity index (χ3n) is 3.17. The molecule has 0 spiro atoms. The van der Waals surface area contributed by atoms with Gasteiger partial charge >= 0.3 is 0 Å². The number of hydrogen-bond donors (Lipinski definition) is 0. The first kappa shape index (κ1) is 18.1. The summed E-state index contributed by atoms with van der Waals surface area (Å²) in [4.78, 5) is 0.184. The van der Waals surface area contributed by atoms with Crippen LogP contribution in [0.5, 0.6) is 0 Å². The summed E-state index contributed by atoms with van der Waals surface area (Å²) in [5.41, 5.74) is 1.01. The quantitative estimate of drug-likeness (QED) is 0.488. The average Bonchev–Trinajstić information content (AvgIpc) is 2.45. The van der Waals surface area contributed by atoms with Gasteiger partial charge in [-0.15, -0.1) is 0 Å². The monoisotopic (exact) mass is 314 g/mol. The summed E-state index contributed by atoms with van der Waals surface area (Å²) in [5.74, 6) is 0. The first-order valence-corrected chi connectivity index (χ1v) is 8.94. The Balaban J connectivity index is 2.34. The maximum atomic E-state index is 12.0. The molecule has 120 valence electrons. The Hall–Kier alpha value is -0.910. The lowest BCUT2D eigenvalue weighted by Crippen LogP contribution is -2.20. The van der Waals surface area contributed by atoms with Gasteiger partial charge in [0.2, 0.25) is 0 Å². The minimum absolute atomic E-state index is 0.0456. The van der Waals surface area contributed by atoms with Crippen molar-refractivity contribution in [3.63, 3.8) is 0 Å². The Morgan fingerprint density at radius 2 is 1.76 bits per heavy atom. The van der Waals surface area contributed by atoms with E-state index in [0.717, 1.165) is 18.4 Å². The van der Waals surface area contributed by atoms with Gasteiger partial charge in [0.1, 0.15) is 0 Å². The zero-order valence-corrected chi connectivity index (χ0v) is 14.0. The molecule has 0 aliphatic carbocycles. The van der Waals surface area contributed by atoms with Crippen molar-refractivity contribution in [1.82, 2.24) is 0 Å². The maximum absolute atomic E-state index is 12.0. The third-order valence-corrected chi connectivity index (χ3v) is 4.46. The van der Waals surface area contributed by atoms with E-state index in [0.29, 0.717) is 6.61 Å². The highest BCUT2D eigenvalue weighted by atomic mass is 32.2. The van der Waals surface area contributed by atoms with E-state index in [1.807, 2.05) is 13.8 Å². The van der Waals surface area contributed by atoms with Crippen LogP contribution in [-0.4, -0.2) is 27.7 Å². The standard InChI is InChI=1S/C16H26O4S/c1-4-5-6-7-12-19-15(3)13-20-21(17,18)16-10-8-14(2)9-11-16/h8-11,15H,4-7,12-13H2,1-3H3/t15-/m1/s1. The van der Waals surface area contributed by atoms with E-state index in [1.165, 1.54) is 12.8 Å². The molecule has 4 nitrogen and oxygen atoms in total. The average molecular weight is 314 g/mol. The van der Waals surface area contributed by atoms with Crippen molar-refractivity contribution >= 4 is 10.1 Å². The van der Waals surface area contributed by atoms with Crippen LogP contribution in [0.3, 0.4) is 0 Å². The maximum Gasteiger partial charge on any atom is 0.297 e. The number of aryl methyl sites for hydroxylation is 1. The Morgan fingerprint density at radius 3 is 2.38 bits per heavy atom. The van der Waals surface area contributed by atoms with Crippen LogP contribution in [0.4, 0.5) is 0 Å². The van der Waals surface area contributed by atoms with Crippen molar-refractivity contribution in [2.45, 2.75) is 57.5 Å². The molecule has 0 heterocycles. The molecule has 0 amide bonds. The third kappa shape index (κ3) is 7.07. The Kier molecular flexibility index (Phi) is 7.93. The van der Waals surface area contributed by atoms with Crippen LogP contribution in [0, 0.1) is 6.92 Å². The highest BCUT2D eigenvalue weighted by molar-refractivity contribution is 7.86. The fourth-order valence-corrected chi connectivity index (χ4v) is 2.80. The molecule has 1 atom stereocenters. The fourth-order valence-electron chi connectivity index (χ4n) is 1.82. The normalized spacial score (nSPS) is 13.3. The molecule has 0 aliphatic heterocycles. The molecule has 0 unspecified atom stereocenters. The Labute approximate surface area is 128 Å². The molecule has 5 heteroatoms. The van der Waals surface area contributed by atoms with Crippen LogP contribution in [-0.2, 0) is 19.0 Å². The zero-order valence-electron chi connectivity index (χ0n) is 13.2. The van der Waals surface area contributed by atoms with Crippen LogP contribution in [0.2, 0.25) is 0 Å². The molecule has 0 bridgehead atoms. The Morgan fingerprint density at radius 1 is 1.10 bits per heavy atom. The Bertz CT molecular complexity index is 494. The van der Waals surface area contributed by atoms with E-state index in [1.54, 1.807) is 24.3 Å². The smallest absolute Gasteiger partial charge is 0.297 e. The SMILES string of the molecule is CCCCCCO[C@H](C)COS(=O)(=O)c1ccc(C)cc1. The van der Waals surface area contributed by atoms with Gasteiger partial charge < -0.3 is 4.74 Å². The lowest BCUT2D eigenvalue weighted by molar-refractivity contribution is 0.0319. The summed E-state index contributed by atoms with van der Waals surface area (Å²) in [6, 6.07) is 6.62. The van der Waals surface area contributed by atoms with Gasteiger partial charge in [0.25, 0.3) is 10.1 Å². The first-order chi connectivity index (χ1) is 9.95. The summed E-state index contributed by atoms with van der Waals surface area (Å²) in [5, 5.41) is 0. The lowest BCUT2D eigenvalue weighted by Gasteiger charge is -2.13. The van der Waals surface area contributed by atoms with Crippen molar-refractivity contribution in [3.8, 4) is 0 Å². The van der Waals surface area contributed by atoms with Gasteiger partial charge in [-0.25, -0.2) is 0 Å². The highest BCUT2D eigenvalue weighted by Gasteiger charge is 2.16. The molecule has 0 aromatic heterocycles. The van der Waals surface area contributed by atoms with E-state index >= 15 is 0 Å². The predicted octanol–water partition coefficient (Wildman–Crippen LogP) is 3.69. The van der Waals surface area contributed by atoms with Crippen molar-refractivity contribution < 1.29 is 17.3 Å². The molecule has 1 rings (SSSR count). The van der Waals surface area contributed by atoms with Crippen LogP contribution in [0.15, 0.2) is 29.2 Å². The zero-order chi connectivity index (χ0) is 15.7. The largest absolute Gasteiger partial charge is 0.376 e. The van der Waals surface area contributed by atoms with Crippen LogP contribution >= 0.6 is 0 Å². The van der Waals surface area contributed by atoms with E-state index < -0.39 is 10.1 Å². The van der Waals surface area contributed by atoms with Gasteiger partial charge in [-0.1, -0.05) is 43.9 Å². The molecule has 0 fully saturated rings. The number of unbranched alkanes of at least 4 members (excludes halogenated alkanes) is 3. The van der Waals surface area contributed by atoms with E-state index in [2.05, 4.69) is 6.92 Å². The molecule has 21 heavy (non-hydrogen) atoms. The van der Waals surface area contributed by atoms with Crippen molar-refractivity contribution in [2.24, 2.45) is 0 Å². The second-order valence-electron chi connectivity index (χ2n) is 5.29. The van der Waals surface area contributed by atoms with Gasteiger partial charge in [0.05, 0.1) is 17.6 Å². The molecule has 1 aromatic rings. The van der Waals surface area contributed by atoms with Crippen LogP contribution in [0.25, 0.3) is 0 Å². The molecular formula is C16H26O4S. The summed E-state index contributed by atoms with van der Waals surface area (Å²) in [6.07, 6.45) is 4.31. The van der Waals surface area contributed by atoms with Crippen molar-refractivity contribution in [2.75, 3.05) is 13.2 Å². The van der Waals surface area contributed by atoms with Crippen molar-refractivity contribution in [1.29, 1.82) is 0 Å². The fraction of sp³-hybridized carbons (Fsp3) is 0.625. The number of rotatable bonds is 10. The molecule has 0 N–H and O–H groups in total. The van der Waals surface area contributed by atoms with Gasteiger partial charge in [-0.05, 0) is 32.4 Å². The molecule has 0 aliphatic rings. The minimum atomic E-state index is -3.69. The highest BCUT2D eigenvalue weighted by Crippen LogP contribution is 2.14. The lowest BCUT2D eigenvalue weighted by atomic mass is 10.2. The van der Waals surface area contributed by atoms with Crippen LogP contribution in [0.1, 0.15) is 45.1 Å². The number of benzene rings is 1. The topological polar surface area (TPSA) is 52.6 Å². The predicted molar refractivity (Wildman–Crippen MR) is 83.9 cm³/mol. The number of hydrogen-bond acceptors (Lipinski definition) is 4. The summed E-state index contributed by atoms with van der Waals surface area (Å²) in [6.45, 7) is 6.59. The summed E-state index contributed by atoms with van der Waals surface area (Å²) in [7, 11) is -3.69. The molecular weight excluding hydrogens is 288 g/mol. The van der Waals surface area contributed by atoms with Gasteiger partial charge in [0, 0.05) is 6.61 Å². The molecule has 0 saturated carbocycles. The van der Waals surface area contributed by atoms with E-state index in [4.69, 9.17) is 8.92 Å². The molecule has 1 aromatic carbocycles. The second-order valence-corrected chi connectivity index (χ2v) is 6.91. The van der Waals surface area contributed by atoms with Gasteiger partial charge in [-0.3, -0.25) is 4.18 Å². The van der Waals surface area contributed by atoms with Gasteiger partial charge in [-0.2, -0.15) is 8.42 Å². The summed E-state index contributed by atoms with van der Waals surface area (Å²) >= 11 is 0.